The molecule has 6 heteroatoms. The zero-order valence-electron chi connectivity index (χ0n) is 11.9. The van der Waals surface area contributed by atoms with E-state index in [4.69, 9.17) is 11.6 Å². The first-order valence-corrected chi connectivity index (χ1v) is 8.22. The lowest BCUT2D eigenvalue weighted by Crippen LogP contribution is -2.22. The molecule has 2 aromatic carbocycles. The summed E-state index contributed by atoms with van der Waals surface area (Å²) in [5, 5.41) is 3.90. The summed E-state index contributed by atoms with van der Waals surface area (Å²) in [4.78, 5) is 0.272. The number of hydrogen-bond acceptors (Lipinski definition) is 3. The van der Waals surface area contributed by atoms with Gasteiger partial charge in [-0.25, -0.2) is 12.7 Å². The predicted molar refractivity (Wildman–Crippen MR) is 86.1 cm³/mol. The van der Waals surface area contributed by atoms with E-state index >= 15 is 0 Å². The summed E-state index contributed by atoms with van der Waals surface area (Å²) in [7, 11) is -0.378. The molecule has 2 rings (SSSR count). The third kappa shape index (κ3) is 3.97. The Bertz CT molecular complexity index is 713. The Hall–Kier alpha value is -1.56. The molecule has 0 saturated heterocycles. The lowest BCUT2D eigenvalue weighted by atomic mass is 10.2. The molecule has 0 fully saturated rings. The molecule has 0 heterocycles. The number of nitrogens with one attached hydrogen (secondary N) is 1. The highest BCUT2D eigenvalue weighted by Gasteiger charge is 2.16. The van der Waals surface area contributed by atoms with E-state index in [0.717, 1.165) is 11.3 Å². The topological polar surface area (TPSA) is 49.4 Å². The van der Waals surface area contributed by atoms with Gasteiger partial charge in [0.05, 0.1) is 4.90 Å². The Morgan fingerprint density at radius 2 is 1.76 bits per heavy atom. The maximum absolute atomic E-state index is 12.1. The third-order valence-electron chi connectivity index (χ3n) is 3.02. The first-order chi connectivity index (χ1) is 9.89. The average molecular weight is 325 g/mol. The molecular weight excluding hydrogens is 308 g/mol. The highest BCUT2D eigenvalue weighted by atomic mass is 35.5. The minimum Gasteiger partial charge on any atom is -0.381 e. The molecule has 1 N–H and O–H groups in total. The molecular formula is C15H17ClN2O2S. The molecule has 0 aliphatic carbocycles. The highest BCUT2D eigenvalue weighted by Crippen LogP contribution is 2.19. The van der Waals surface area contributed by atoms with Crippen LogP contribution in [-0.4, -0.2) is 26.8 Å². The van der Waals surface area contributed by atoms with Gasteiger partial charge < -0.3 is 5.32 Å². The Balaban J connectivity index is 2.13. The number of sulfonamides is 1. The smallest absolute Gasteiger partial charge is 0.242 e. The molecule has 0 atom stereocenters. The quantitative estimate of drug-likeness (QED) is 0.918. The molecule has 0 amide bonds. The monoisotopic (exact) mass is 324 g/mol. The normalized spacial score (nSPS) is 11.6. The minimum absolute atomic E-state index is 0.272. The predicted octanol–water partition coefficient (Wildman–Crippen LogP) is 3.20. The van der Waals surface area contributed by atoms with Crippen LogP contribution in [0, 0.1) is 0 Å². The Morgan fingerprint density at radius 1 is 1.10 bits per heavy atom. The minimum atomic E-state index is -3.41. The van der Waals surface area contributed by atoms with Crippen molar-refractivity contribution < 1.29 is 8.42 Å². The molecule has 0 aliphatic rings. The summed E-state index contributed by atoms with van der Waals surface area (Å²) >= 11 is 5.84. The summed E-state index contributed by atoms with van der Waals surface area (Å²) in [6.07, 6.45) is 0. The van der Waals surface area contributed by atoms with E-state index in [2.05, 4.69) is 5.32 Å². The zero-order valence-corrected chi connectivity index (χ0v) is 13.4. The highest BCUT2D eigenvalue weighted by molar-refractivity contribution is 7.89. The average Bonchev–Trinajstić information content (AvgIpc) is 2.47. The standard InChI is InChI=1S/C15H17ClN2O2S/c1-18(2)21(19,20)15-5-3-4-14(10-15)17-11-12-6-8-13(16)9-7-12/h3-10,17H,11H2,1-2H3. The van der Waals surface area contributed by atoms with Gasteiger partial charge in [0.2, 0.25) is 10.0 Å². The van der Waals surface area contributed by atoms with Gasteiger partial charge in [0.1, 0.15) is 0 Å². The van der Waals surface area contributed by atoms with Crippen molar-refractivity contribution in [3.8, 4) is 0 Å². The number of anilines is 1. The van der Waals surface area contributed by atoms with Crippen LogP contribution in [0.2, 0.25) is 5.02 Å². The lowest BCUT2D eigenvalue weighted by molar-refractivity contribution is 0.521. The van der Waals surface area contributed by atoms with Crippen LogP contribution in [0.15, 0.2) is 53.4 Å². The van der Waals surface area contributed by atoms with Gasteiger partial charge in [-0.3, -0.25) is 0 Å². The van der Waals surface area contributed by atoms with Gasteiger partial charge in [-0.1, -0.05) is 29.8 Å². The molecule has 0 aliphatic heterocycles. The Kier molecular flexibility index (Phi) is 4.88. The maximum atomic E-state index is 12.1. The van der Waals surface area contributed by atoms with E-state index in [9.17, 15) is 8.42 Å². The molecule has 0 bridgehead atoms. The van der Waals surface area contributed by atoms with E-state index in [1.54, 1.807) is 18.2 Å². The van der Waals surface area contributed by atoms with Crippen molar-refractivity contribution in [2.75, 3.05) is 19.4 Å². The first-order valence-electron chi connectivity index (χ1n) is 6.40. The third-order valence-corrected chi connectivity index (χ3v) is 5.09. The Morgan fingerprint density at radius 3 is 2.38 bits per heavy atom. The number of benzene rings is 2. The van der Waals surface area contributed by atoms with Crippen LogP contribution in [0.25, 0.3) is 0 Å². The van der Waals surface area contributed by atoms with E-state index in [1.165, 1.54) is 18.4 Å². The summed E-state index contributed by atoms with van der Waals surface area (Å²) < 4.78 is 25.4. The Labute approximate surface area is 130 Å². The molecule has 0 unspecified atom stereocenters. The molecule has 2 aromatic rings. The second-order valence-electron chi connectivity index (χ2n) is 4.80. The van der Waals surface area contributed by atoms with Gasteiger partial charge >= 0.3 is 0 Å². The second-order valence-corrected chi connectivity index (χ2v) is 7.38. The summed E-state index contributed by atoms with van der Waals surface area (Å²) in [5.74, 6) is 0. The van der Waals surface area contributed by atoms with Gasteiger partial charge in [-0.05, 0) is 35.9 Å². The van der Waals surface area contributed by atoms with E-state index in [0.29, 0.717) is 11.6 Å². The fourth-order valence-electron chi connectivity index (χ4n) is 1.78. The zero-order chi connectivity index (χ0) is 15.5. The van der Waals surface area contributed by atoms with Gasteiger partial charge in [0.25, 0.3) is 0 Å². The number of halogens is 1. The van der Waals surface area contributed by atoms with Crippen molar-refractivity contribution in [3.05, 3.63) is 59.1 Å². The molecule has 0 aromatic heterocycles. The SMILES string of the molecule is CN(C)S(=O)(=O)c1cccc(NCc2ccc(Cl)cc2)c1. The molecule has 4 nitrogen and oxygen atoms in total. The van der Waals surface area contributed by atoms with Gasteiger partial charge in [0.15, 0.2) is 0 Å². The molecule has 21 heavy (non-hydrogen) atoms. The fraction of sp³-hybridized carbons (Fsp3) is 0.200. The molecule has 0 saturated carbocycles. The van der Waals surface area contributed by atoms with Gasteiger partial charge in [0, 0.05) is 31.4 Å². The van der Waals surface area contributed by atoms with Crippen LogP contribution in [0.5, 0.6) is 0 Å². The number of hydrogen-bond donors (Lipinski definition) is 1. The van der Waals surface area contributed by atoms with Crippen molar-refractivity contribution in [1.82, 2.24) is 4.31 Å². The van der Waals surface area contributed by atoms with E-state index in [-0.39, 0.29) is 4.90 Å². The largest absolute Gasteiger partial charge is 0.381 e. The van der Waals surface area contributed by atoms with Crippen molar-refractivity contribution in [1.29, 1.82) is 0 Å². The van der Waals surface area contributed by atoms with Crippen molar-refractivity contribution in [2.24, 2.45) is 0 Å². The van der Waals surface area contributed by atoms with E-state index < -0.39 is 10.0 Å². The van der Waals surface area contributed by atoms with Crippen molar-refractivity contribution in [2.45, 2.75) is 11.4 Å². The van der Waals surface area contributed by atoms with Crippen LogP contribution in [0.3, 0.4) is 0 Å². The first kappa shape index (κ1) is 15.8. The maximum Gasteiger partial charge on any atom is 0.242 e. The van der Waals surface area contributed by atoms with Crippen molar-refractivity contribution >= 4 is 27.3 Å². The number of nitrogens with zero attached hydrogens (tertiary/aromatic N) is 1. The summed E-state index contributed by atoms with van der Waals surface area (Å²) in [5.41, 5.74) is 1.83. The fourth-order valence-corrected chi connectivity index (χ4v) is 2.86. The number of rotatable bonds is 5. The summed E-state index contributed by atoms with van der Waals surface area (Å²) in [6.45, 7) is 0.600. The van der Waals surface area contributed by atoms with Crippen LogP contribution < -0.4 is 5.32 Å². The molecule has 0 spiro atoms. The van der Waals surface area contributed by atoms with E-state index in [1.807, 2.05) is 30.3 Å². The van der Waals surface area contributed by atoms with Crippen LogP contribution in [-0.2, 0) is 16.6 Å². The molecule has 112 valence electrons. The summed E-state index contributed by atoms with van der Waals surface area (Å²) in [6, 6.07) is 14.3. The van der Waals surface area contributed by atoms with Gasteiger partial charge in [-0.2, -0.15) is 0 Å². The van der Waals surface area contributed by atoms with Crippen LogP contribution >= 0.6 is 11.6 Å². The second kappa shape index (κ2) is 6.47. The van der Waals surface area contributed by atoms with Crippen LogP contribution in [0.1, 0.15) is 5.56 Å². The van der Waals surface area contributed by atoms with Crippen molar-refractivity contribution in [3.63, 3.8) is 0 Å². The van der Waals surface area contributed by atoms with Crippen LogP contribution in [0.4, 0.5) is 5.69 Å². The lowest BCUT2D eigenvalue weighted by Gasteiger charge is -2.13. The van der Waals surface area contributed by atoms with Gasteiger partial charge in [-0.15, -0.1) is 0 Å². The molecule has 0 radical (unpaired) electrons.